The standard InChI is InChI=1S/C14H9N5O2/c20-14(21)8-5-17-13-11(8)19-9(6-18-13)12-10-7(1-3-15-10)2-4-16-12/h1-6,15H,(H,17,18)(H,20,21). The van der Waals surface area contributed by atoms with Crippen LogP contribution in [0.25, 0.3) is 33.5 Å². The number of fused-ring (bicyclic) bond motifs is 2. The zero-order chi connectivity index (χ0) is 14.4. The summed E-state index contributed by atoms with van der Waals surface area (Å²) in [5, 5.41) is 10.2. The topological polar surface area (TPSA) is 108 Å². The molecule has 0 aliphatic heterocycles. The molecule has 0 fully saturated rings. The maximum atomic E-state index is 11.2. The van der Waals surface area contributed by atoms with E-state index in [1.54, 1.807) is 12.4 Å². The Kier molecular flexibility index (Phi) is 2.28. The number of carbonyl (C=O) groups is 1. The second kappa shape index (κ2) is 4.14. The third kappa shape index (κ3) is 1.68. The smallest absolute Gasteiger partial charge is 0.339 e. The summed E-state index contributed by atoms with van der Waals surface area (Å²) in [4.78, 5) is 30.0. The van der Waals surface area contributed by atoms with Crippen LogP contribution in [0.4, 0.5) is 0 Å². The average Bonchev–Trinajstić information content (AvgIpc) is 3.12. The van der Waals surface area contributed by atoms with Gasteiger partial charge in [0.25, 0.3) is 0 Å². The Morgan fingerprint density at radius 1 is 1.19 bits per heavy atom. The van der Waals surface area contributed by atoms with Gasteiger partial charge in [0.2, 0.25) is 0 Å². The van der Waals surface area contributed by atoms with Crippen molar-refractivity contribution in [3.63, 3.8) is 0 Å². The fourth-order valence-corrected chi connectivity index (χ4v) is 2.34. The molecule has 0 spiro atoms. The van der Waals surface area contributed by atoms with Crippen LogP contribution in [0.5, 0.6) is 0 Å². The second-order valence-corrected chi connectivity index (χ2v) is 4.56. The third-order valence-electron chi connectivity index (χ3n) is 3.33. The van der Waals surface area contributed by atoms with Crippen molar-refractivity contribution in [2.75, 3.05) is 0 Å². The molecule has 0 radical (unpaired) electrons. The number of aromatic nitrogens is 5. The summed E-state index contributed by atoms with van der Waals surface area (Å²) in [6.07, 6.45) is 6.47. The Labute approximate surface area is 117 Å². The van der Waals surface area contributed by atoms with E-state index in [1.165, 1.54) is 6.20 Å². The lowest BCUT2D eigenvalue weighted by atomic mass is 10.2. The number of aromatic amines is 2. The number of carboxylic acids is 1. The van der Waals surface area contributed by atoms with Crippen LogP contribution in [0, 0.1) is 0 Å². The maximum absolute atomic E-state index is 11.2. The zero-order valence-electron chi connectivity index (χ0n) is 10.7. The van der Waals surface area contributed by atoms with Crippen molar-refractivity contribution in [2.45, 2.75) is 0 Å². The summed E-state index contributed by atoms with van der Waals surface area (Å²) in [5.41, 5.74) is 2.87. The molecule has 7 nitrogen and oxygen atoms in total. The van der Waals surface area contributed by atoms with Gasteiger partial charge in [0, 0.05) is 24.0 Å². The van der Waals surface area contributed by atoms with Gasteiger partial charge in [-0.25, -0.2) is 14.8 Å². The van der Waals surface area contributed by atoms with E-state index in [0.29, 0.717) is 22.6 Å². The zero-order valence-corrected chi connectivity index (χ0v) is 10.7. The quantitative estimate of drug-likeness (QED) is 0.521. The minimum atomic E-state index is -1.04. The van der Waals surface area contributed by atoms with Gasteiger partial charge in [0.15, 0.2) is 5.65 Å². The molecule has 4 heterocycles. The maximum Gasteiger partial charge on any atom is 0.339 e. The fraction of sp³-hybridized carbons (Fsp3) is 0. The SMILES string of the molecule is O=C(O)c1c[nH]c2ncc(-c3nccc4cc[nH]c34)nc12. The average molecular weight is 279 g/mol. The minimum absolute atomic E-state index is 0.0954. The molecule has 0 unspecified atom stereocenters. The molecule has 3 N–H and O–H groups in total. The van der Waals surface area contributed by atoms with Crippen molar-refractivity contribution in [1.29, 1.82) is 0 Å². The molecular weight excluding hydrogens is 270 g/mol. The molecule has 21 heavy (non-hydrogen) atoms. The third-order valence-corrected chi connectivity index (χ3v) is 3.33. The van der Waals surface area contributed by atoms with Crippen LogP contribution in [0.2, 0.25) is 0 Å². The van der Waals surface area contributed by atoms with E-state index in [-0.39, 0.29) is 5.56 Å². The van der Waals surface area contributed by atoms with Crippen molar-refractivity contribution in [1.82, 2.24) is 24.9 Å². The predicted molar refractivity (Wildman–Crippen MR) is 75.9 cm³/mol. The summed E-state index contributed by atoms with van der Waals surface area (Å²) >= 11 is 0. The molecule has 4 aromatic rings. The van der Waals surface area contributed by atoms with Gasteiger partial charge in [-0.15, -0.1) is 0 Å². The fourth-order valence-electron chi connectivity index (χ4n) is 2.34. The van der Waals surface area contributed by atoms with Crippen LogP contribution in [0.15, 0.2) is 36.9 Å². The van der Waals surface area contributed by atoms with Gasteiger partial charge in [0.05, 0.1) is 11.7 Å². The summed E-state index contributed by atoms with van der Waals surface area (Å²) in [7, 11) is 0. The molecule has 0 saturated carbocycles. The van der Waals surface area contributed by atoms with Crippen molar-refractivity contribution in [3.05, 3.63) is 42.5 Å². The van der Waals surface area contributed by atoms with E-state index in [1.807, 2.05) is 18.3 Å². The number of aromatic carboxylic acids is 1. The minimum Gasteiger partial charge on any atom is -0.478 e. The van der Waals surface area contributed by atoms with Crippen LogP contribution in [0.3, 0.4) is 0 Å². The van der Waals surface area contributed by atoms with Gasteiger partial charge in [-0.1, -0.05) is 0 Å². The van der Waals surface area contributed by atoms with Crippen molar-refractivity contribution >= 4 is 28.0 Å². The molecule has 0 bridgehead atoms. The number of carboxylic acid groups (broad SMARTS) is 1. The first-order valence-corrected chi connectivity index (χ1v) is 6.24. The van der Waals surface area contributed by atoms with E-state index >= 15 is 0 Å². The first-order chi connectivity index (χ1) is 10.2. The number of hydrogen-bond donors (Lipinski definition) is 3. The highest BCUT2D eigenvalue weighted by atomic mass is 16.4. The monoisotopic (exact) mass is 279 g/mol. The number of hydrogen-bond acceptors (Lipinski definition) is 4. The van der Waals surface area contributed by atoms with Crippen LogP contribution >= 0.6 is 0 Å². The van der Waals surface area contributed by atoms with Gasteiger partial charge in [-0.3, -0.25) is 4.98 Å². The Balaban J connectivity index is 2.00. The van der Waals surface area contributed by atoms with Gasteiger partial charge in [0.1, 0.15) is 22.5 Å². The molecule has 7 heteroatoms. The lowest BCUT2D eigenvalue weighted by Gasteiger charge is -2.02. The predicted octanol–water partition coefficient (Wildman–Crippen LogP) is 2.20. The highest BCUT2D eigenvalue weighted by Crippen LogP contribution is 2.25. The van der Waals surface area contributed by atoms with E-state index in [4.69, 9.17) is 5.11 Å². The lowest BCUT2D eigenvalue weighted by Crippen LogP contribution is -1.97. The Morgan fingerprint density at radius 3 is 2.95 bits per heavy atom. The Hall–Kier alpha value is -3.22. The molecule has 4 aromatic heterocycles. The van der Waals surface area contributed by atoms with Gasteiger partial charge >= 0.3 is 5.97 Å². The molecule has 0 aliphatic rings. The van der Waals surface area contributed by atoms with Crippen LogP contribution in [0.1, 0.15) is 10.4 Å². The van der Waals surface area contributed by atoms with Gasteiger partial charge in [-0.2, -0.15) is 0 Å². The molecule has 0 saturated heterocycles. The summed E-state index contributed by atoms with van der Waals surface area (Å²) in [5.74, 6) is -1.04. The molecule has 0 aromatic carbocycles. The van der Waals surface area contributed by atoms with Gasteiger partial charge in [-0.05, 0) is 12.1 Å². The van der Waals surface area contributed by atoms with Crippen molar-refractivity contribution in [3.8, 4) is 11.4 Å². The first kappa shape index (κ1) is 11.6. The van der Waals surface area contributed by atoms with Crippen LogP contribution < -0.4 is 0 Å². The van der Waals surface area contributed by atoms with Crippen molar-refractivity contribution in [2.24, 2.45) is 0 Å². The van der Waals surface area contributed by atoms with E-state index in [9.17, 15) is 4.79 Å². The highest BCUT2D eigenvalue weighted by molar-refractivity contribution is 6.01. The highest BCUT2D eigenvalue weighted by Gasteiger charge is 2.15. The van der Waals surface area contributed by atoms with E-state index < -0.39 is 5.97 Å². The van der Waals surface area contributed by atoms with Crippen molar-refractivity contribution < 1.29 is 9.90 Å². The molecule has 4 rings (SSSR count). The summed E-state index contributed by atoms with van der Waals surface area (Å²) in [6.45, 7) is 0. The molecule has 0 aliphatic carbocycles. The van der Waals surface area contributed by atoms with E-state index in [0.717, 1.165) is 10.9 Å². The van der Waals surface area contributed by atoms with E-state index in [2.05, 4.69) is 24.9 Å². The van der Waals surface area contributed by atoms with Crippen LogP contribution in [-0.2, 0) is 0 Å². The normalized spacial score (nSPS) is 11.2. The number of nitrogens with zero attached hydrogens (tertiary/aromatic N) is 3. The molecule has 102 valence electrons. The first-order valence-electron chi connectivity index (χ1n) is 6.24. The molecule has 0 atom stereocenters. The largest absolute Gasteiger partial charge is 0.478 e. The second-order valence-electron chi connectivity index (χ2n) is 4.56. The number of rotatable bonds is 2. The Bertz CT molecular complexity index is 985. The number of nitrogens with one attached hydrogen (secondary N) is 2. The lowest BCUT2D eigenvalue weighted by molar-refractivity contribution is 0.0699. The molecular formula is C14H9N5O2. The number of H-pyrrole nitrogens is 2. The Morgan fingerprint density at radius 2 is 2.10 bits per heavy atom. The summed E-state index contributed by atoms with van der Waals surface area (Å²) < 4.78 is 0. The molecule has 0 amide bonds. The van der Waals surface area contributed by atoms with Crippen LogP contribution in [-0.4, -0.2) is 36.0 Å². The van der Waals surface area contributed by atoms with Gasteiger partial charge < -0.3 is 15.1 Å². The summed E-state index contributed by atoms with van der Waals surface area (Å²) in [6, 6.07) is 3.83. The number of pyridine rings is 1.